The van der Waals surface area contributed by atoms with Gasteiger partial charge in [0.05, 0.1) is 6.04 Å². The molecule has 1 heterocycles. The van der Waals surface area contributed by atoms with Crippen molar-refractivity contribution in [3.8, 4) is 0 Å². The highest BCUT2D eigenvalue weighted by atomic mass is 35.5. The zero-order valence-corrected chi connectivity index (χ0v) is 13.0. The van der Waals surface area contributed by atoms with Crippen LogP contribution in [0.2, 0.25) is 5.02 Å². The molecule has 0 bridgehead atoms. The van der Waals surface area contributed by atoms with E-state index in [1.165, 1.54) is 11.3 Å². The highest BCUT2D eigenvalue weighted by molar-refractivity contribution is 7.10. The molecule has 1 amide bonds. The maximum atomic E-state index is 12.4. The molecule has 106 valence electrons. The van der Waals surface area contributed by atoms with Crippen LogP contribution in [-0.2, 0) is 4.79 Å². The second-order valence-electron chi connectivity index (χ2n) is 4.64. The number of hydrogen-bond acceptors (Lipinski definition) is 3. The van der Waals surface area contributed by atoms with Gasteiger partial charge in [0, 0.05) is 16.9 Å². The summed E-state index contributed by atoms with van der Waals surface area (Å²) in [6.07, 6.45) is 0. The summed E-state index contributed by atoms with van der Waals surface area (Å²) in [5.74, 6) is -0.111. The molecule has 2 atom stereocenters. The van der Waals surface area contributed by atoms with Gasteiger partial charge in [0.2, 0.25) is 5.91 Å². The van der Waals surface area contributed by atoms with Crippen LogP contribution in [0.5, 0.6) is 0 Å². The van der Waals surface area contributed by atoms with Crippen molar-refractivity contribution in [1.29, 1.82) is 0 Å². The summed E-state index contributed by atoms with van der Waals surface area (Å²) in [7, 11) is 1.75. The summed E-state index contributed by atoms with van der Waals surface area (Å²) in [5, 5.41) is 2.57. The molecule has 5 heteroatoms. The van der Waals surface area contributed by atoms with Crippen LogP contribution in [0.15, 0.2) is 41.8 Å². The van der Waals surface area contributed by atoms with Crippen LogP contribution >= 0.6 is 22.9 Å². The molecule has 2 rings (SSSR count). The summed E-state index contributed by atoms with van der Waals surface area (Å²) < 4.78 is 0. The molecule has 0 saturated carbocycles. The van der Waals surface area contributed by atoms with Crippen LogP contribution in [-0.4, -0.2) is 17.9 Å². The standard InChI is InChI=1S/C15H17ClN2OS/c1-10(11-6-3-4-7-12(11)16)18(2)15(19)14(17)13-8-5-9-20-13/h3-10,14H,17H2,1-2H3. The van der Waals surface area contributed by atoms with Gasteiger partial charge in [0.25, 0.3) is 0 Å². The summed E-state index contributed by atoms with van der Waals surface area (Å²) in [6.45, 7) is 1.94. The summed E-state index contributed by atoms with van der Waals surface area (Å²) in [5.41, 5.74) is 6.94. The maximum absolute atomic E-state index is 12.4. The molecule has 1 aromatic carbocycles. The molecule has 0 aliphatic carbocycles. The quantitative estimate of drug-likeness (QED) is 0.937. The van der Waals surface area contributed by atoms with Gasteiger partial charge in [-0.15, -0.1) is 11.3 Å². The predicted octanol–water partition coefficient (Wildman–Crippen LogP) is 3.62. The van der Waals surface area contributed by atoms with E-state index in [9.17, 15) is 4.79 Å². The Labute approximate surface area is 128 Å². The third kappa shape index (κ3) is 3.03. The van der Waals surface area contributed by atoms with Crippen LogP contribution in [0, 0.1) is 0 Å². The fourth-order valence-corrected chi connectivity index (χ4v) is 3.04. The van der Waals surface area contributed by atoms with Crippen LogP contribution in [0.25, 0.3) is 0 Å². The fraction of sp³-hybridized carbons (Fsp3) is 0.267. The molecule has 0 saturated heterocycles. The van der Waals surface area contributed by atoms with Gasteiger partial charge in [-0.05, 0) is 30.0 Å². The number of hydrogen-bond donors (Lipinski definition) is 1. The summed E-state index contributed by atoms with van der Waals surface area (Å²) in [4.78, 5) is 14.9. The van der Waals surface area contributed by atoms with Gasteiger partial charge in [-0.3, -0.25) is 4.79 Å². The van der Waals surface area contributed by atoms with E-state index < -0.39 is 6.04 Å². The Hall–Kier alpha value is -1.36. The molecule has 0 aliphatic heterocycles. The molecular formula is C15H17ClN2OS. The molecule has 3 nitrogen and oxygen atoms in total. The van der Waals surface area contributed by atoms with E-state index in [0.717, 1.165) is 10.4 Å². The normalized spacial score (nSPS) is 13.8. The maximum Gasteiger partial charge on any atom is 0.245 e. The Kier molecular flexibility index (Phi) is 4.81. The fourth-order valence-electron chi connectivity index (χ4n) is 2.02. The van der Waals surface area contributed by atoms with E-state index in [2.05, 4.69) is 0 Å². The van der Waals surface area contributed by atoms with Gasteiger partial charge in [-0.1, -0.05) is 35.9 Å². The zero-order chi connectivity index (χ0) is 14.7. The Bertz CT molecular complexity index is 585. The lowest BCUT2D eigenvalue weighted by Gasteiger charge is -2.28. The molecule has 0 aliphatic rings. The number of nitrogens with zero attached hydrogens (tertiary/aromatic N) is 1. The zero-order valence-electron chi connectivity index (χ0n) is 11.4. The molecule has 0 spiro atoms. The first-order valence-corrected chi connectivity index (χ1v) is 7.58. The van der Waals surface area contributed by atoms with Crippen molar-refractivity contribution in [2.24, 2.45) is 5.73 Å². The summed E-state index contributed by atoms with van der Waals surface area (Å²) >= 11 is 7.67. The average Bonchev–Trinajstić information content (AvgIpc) is 2.99. The van der Waals surface area contributed by atoms with Gasteiger partial charge in [-0.25, -0.2) is 0 Å². The van der Waals surface area contributed by atoms with Crippen molar-refractivity contribution in [3.63, 3.8) is 0 Å². The lowest BCUT2D eigenvalue weighted by atomic mass is 10.1. The second kappa shape index (κ2) is 6.39. The number of carbonyl (C=O) groups is 1. The lowest BCUT2D eigenvalue weighted by molar-refractivity contribution is -0.133. The van der Waals surface area contributed by atoms with E-state index in [4.69, 9.17) is 17.3 Å². The third-order valence-corrected chi connectivity index (χ3v) is 4.70. The first-order chi connectivity index (χ1) is 9.52. The van der Waals surface area contributed by atoms with Crippen LogP contribution in [0.3, 0.4) is 0 Å². The number of nitrogens with two attached hydrogens (primary N) is 1. The molecule has 20 heavy (non-hydrogen) atoms. The van der Waals surface area contributed by atoms with E-state index in [-0.39, 0.29) is 11.9 Å². The second-order valence-corrected chi connectivity index (χ2v) is 6.03. The molecule has 0 radical (unpaired) electrons. The number of carbonyl (C=O) groups excluding carboxylic acids is 1. The van der Waals surface area contributed by atoms with Crippen molar-refractivity contribution < 1.29 is 4.79 Å². The molecular weight excluding hydrogens is 292 g/mol. The Morgan fingerprint density at radius 1 is 1.30 bits per heavy atom. The van der Waals surface area contributed by atoms with Gasteiger partial charge in [0.1, 0.15) is 6.04 Å². The number of rotatable bonds is 4. The lowest BCUT2D eigenvalue weighted by Crippen LogP contribution is -2.37. The number of amides is 1. The van der Waals surface area contributed by atoms with Gasteiger partial charge in [0.15, 0.2) is 0 Å². The highest BCUT2D eigenvalue weighted by Gasteiger charge is 2.25. The van der Waals surface area contributed by atoms with Crippen molar-refractivity contribution in [2.45, 2.75) is 19.0 Å². The van der Waals surface area contributed by atoms with Crippen molar-refractivity contribution in [2.75, 3.05) is 7.05 Å². The monoisotopic (exact) mass is 308 g/mol. The van der Waals surface area contributed by atoms with Gasteiger partial charge >= 0.3 is 0 Å². The third-order valence-electron chi connectivity index (χ3n) is 3.40. The van der Waals surface area contributed by atoms with Crippen molar-refractivity contribution in [3.05, 3.63) is 57.2 Å². The van der Waals surface area contributed by atoms with Gasteiger partial charge in [-0.2, -0.15) is 0 Å². The minimum Gasteiger partial charge on any atom is -0.337 e. The minimum absolute atomic E-state index is 0.111. The average molecular weight is 309 g/mol. The Morgan fingerprint density at radius 2 is 2.00 bits per heavy atom. The molecule has 2 aromatic rings. The molecule has 0 fully saturated rings. The largest absolute Gasteiger partial charge is 0.337 e. The van der Waals surface area contributed by atoms with Gasteiger partial charge < -0.3 is 10.6 Å². The Balaban J connectivity index is 2.16. The van der Waals surface area contributed by atoms with Crippen LogP contribution < -0.4 is 5.73 Å². The van der Waals surface area contributed by atoms with Crippen molar-refractivity contribution in [1.82, 2.24) is 4.90 Å². The van der Waals surface area contributed by atoms with E-state index in [0.29, 0.717) is 5.02 Å². The SMILES string of the molecule is CC(c1ccccc1Cl)N(C)C(=O)C(N)c1cccs1. The number of thiophene rings is 1. The summed E-state index contributed by atoms with van der Waals surface area (Å²) in [6, 6.07) is 10.6. The number of halogens is 1. The van der Waals surface area contributed by atoms with E-state index in [1.807, 2.05) is 48.7 Å². The van der Waals surface area contributed by atoms with E-state index >= 15 is 0 Å². The minimum atomic E-state index is -0.620. The topological polar surface area (TPSA) is 46.3 Å². The first kappa shape index (κ1) is 15.0. The number of likely N-dealkylation sites (N-methyl/N-ethyl adjacent to an activating group) is 1. The molecule has 2 N–H and O–H groups in total. The predicted molar refractivity (Wildman–Crippen MR) is 83.9 cm³/mol. The molecule has 2 unspecified atom stereocenters. The Morgan fingerprint density at radius 3 is 2.60 bits per heavy atom. The van der Waals surface area contributed by atoms with Crippen LogP contribution in [0.4, 0.5) is 0 Å². The van der Waals surface area contributed by atoms with Crippen LogP contribution in [0.1, 0.15) is 29.4 Å². The highest BCUT2D eigenvalue weighted by Crippen LogP contribution is 2.28. The first-order valence-electron chi connectivity index (χ1n) is 6.32. The van der Waals surface area contributed by atoms with E-state index in [1.54, 1.807) is 11.9 Å². The van der Waals surface area contributed by atoms with Crippen molar-refractivity contribution >= 4 is 28.8 Å². The molecule has 1 aromatic heterocycles. The smallest absolute Gasteiger partial charge is 0.245 e. The number of benzene rings is 1.